The standard InChI is InChI=1S/C10H18O6/c1-3-6-14-4-5-9(16-6)7(11)8(12)10(13-2)15-5/h5-12H,3-4H2,1-2H3/t5-,6?,7-,8-,9-,10+/m1/s1. The molecule has 2 rings (SSSR count). The van der Waals surface area contributed by atoms with Gasteiger partial charge in [-0.3, -0.25) is 0 Å². The van der Waals surface area contributed by atoms with Gasteiger partial charge in [0.25, 0.3) is 0 Å². The maximum Gasteiger partial charge on any atom is 0.186 e. The molecule has 0 aromatic heterocycles. The lowest BCUT2D eigenvalue weighted by Gasteiger charge is -2.45. The van der Waals surface area contributed by atoms with Crippen molar-refractivity contribution in [3.63, 3.8) is 0 Å². The summed E-state index contributed by atoms with van der Waals surface area (Å²) in [6.45, 7) is 2.27. The molecule has 2 N–H and O–H groups in total. The third-order valence-electron chi connectivity index (χ3n) is 2.96. The molecule has 2 aliphatic rings. The molecule has 2 saturated heterocycles. The molecule has 2 fully saturated rings. The highest BCUT2D eigenvalue weighted by atomic mass is 16.7. The summed E-state index contributed by atoms with van der Waals surface area (Å²) in [5.41, 5.74) is 0. The van der Waals surface area contributed by atoms with Crippen molar-refractivity contribution in [1.82, 2.24) is 0 Å². The Labute approximate surface area is 94.1 Å². The van der Waals surface area contributed by atoms with Crippen LogP contribution < -0.4 is 0 Å². The van der Waals surface area contributed by atoms with Gasteiger partial charge >= 0.3 is 0 Å². The fourth-order valence-electron chi connectivity index (χ4n) is 2.03. The molecule has 94 valence electrons. The Morgan fingerprint density at radius 2 is 2.00 bits per heavy atom. The summed E-state index contributed by atoms with van der Waals surface area (Å²) in [5.74, 6) is 0. The molecule has 6 atom stereocenters. The van der Waals surface area contributed by atoms with Gasteiger partial charge in [-0.05, 0) is 6.42 Å². The van der Waals surface area contributed by atoms with Crippen molar-refractivity contribution in [2.24, 2.45) is 0 Å². The highest BCUT2D eigenvalue weighted by molar-refractivity contribution is 4.92. The van der Waals surface area contributed by atoms with Crippen LogP contribution >= 0.6 is 0 Å². The van der Waals surface area contributed by atoms with E-state index in [9.17, 15) is 10.2 Å². The molecule has 1 unspecified atom stereocenters. The molecule has 6 nitrogen and oxygen atoms in total. The lowest BCUT2D eigenvalue weighted by Crippen LogP contribution is -2.63. The van der Waals surface area contributed by atoms with Crippen LogP contribution in [0.25, 0.3) is 0 Å². The van der Waals surface area contributed by atoms with Gasteiger partial charge < -0.3 is 29.2 Å². The second-order valence-electron chi connectivity index (χ2n) is 4.03. The fourth-order valence-corrected chi connectivity index (χ4v) is 2.03. The van der Waals surface area contributed by atoms with Gasteiger partial charge in [0.15, 0.2) is 12.6 Å². The van der Waals surface area contributed by atoms with Crippen molar-refractivity contribution < 1.29 is 29.2 Å². The first kappa shape index (κ1) is 12.2. The number of ether oxygens (including phenoxy) is 4. The quantitative estimate of drug-likeness (QED) is 0.653. The van der Waals surface area contributed by atoms with E-state index < -0.39 is 30.7 Å². The number of hydrogen-bond donors (Lipinski definition) is 2. The van der Waals surface area contributed by atoms with E-state index >= 15 is 0 Å². The van der Waals surface area contributed by atoms with E-state index in [0.29, 0.717) is 13.0 Å². The number of aliphatic hydroxyl groups is 2. The second kappa shape index (κ2) is 4.95. The first-order valence-corrected chi connectivity index (χ1v) is 5.48. The molecule has 0 amide bonds. The number of rotatable bonds is 2. The number of fused-ring (bicyclic) bond motifs is 1. The summed E-state index contributed by atoms with van der Waals surface area (Å²) in [6.07, 6.45) is -3.54. The highest BCUT2D eigenvalue weighted by Gasteiger charge is 2.48. The van der Waals surface area contributed by atoms with Gasteiger partial charge in [-0.15, -0.1) is 0 Å². The molecule has 0 bridgehead atoms. The molecule has 2 aliphatic heterocycles. The molecule has 0 radical (unpaired) electrons. The Hall–Kier alpha value is -0.240. The third-order valence-corrected chi connectivity index (χ3v) is 2.96. The van der Waals surface area contributed by atoms with Gasteiger partial charge in [-0.2, -0.15) is 0 Å². The van der Waals surface area contributed by atoms with E-state index in [1.165, 1.54) is 7.11 Å². The van der Waals surface area contributed by atoms with Crippen LogP contribution in [0.4, 0.5) is 0 Å². The minimum Gasteiger partial charge on any atom is -0.387 e. The van der Waals surface area contributed by atoms with E-state index in [2.05, 4.69) is 0 Å². The van der Waals surface area contributed by atoms with E-state index in [-0.39, 0.29) is 6.29 Å². The maximum absolute atomic E-state index is 9.90. The Bertz CT molecular complexity index is 233. The molecule has 6 heteroatoms. The third kappa shape index (κ3) is 2.09. The highest BCUT2D eigenvalue weighted by Crippen LogP contribution is 2.29. The van der Waals surface area contributed by atoms with Gasteiger partial charge in [0, 0.05) is 7.11 Å². The van der Waals surface area contributed by atoms with Crippen LogP contribution in [0, 0.1) is 0 Å². The predicted octanol–water partition coefficient (Wildman–Crippen LogP) is -0.769. The first-order valence-electron chi connectivity index (χ1n) is 5.48. The molecule has 0 aromatic carbocycles. The Morgan fingerprint density at radius 3 is 2.62 bits per heavy atom. The number of hydrogen-bond acceptors (Lipinski definition) is 6. The Balaban J connectivity index is 2.05. The van der Waals surface area contributed by atoms with Gasteiger partial charge in [0.1, 0.15) is 24.4 Å². The van der Waals surface area contributed by atoms with Crippen molar-refractivity contribution in [2.45, 2.75) is 50.3 Å². The minimum atomic E-state index is -1.10. The average molecular weight is 234 g/mol. The van der Waals surface area contributed by atoms with Gasteiger partial charge in [0.2, 0.25) is 0 Å². The molecule has 0 saturated carbocycles. The van der Waals surface area contributed by atoms with Crippen LogP contribution in [-0.4, -0.2) is 60.9 Å². The molecular formula is C10H18O6. The maximum atomic E-state index is 9.90. The van der Waals surface area contributed by atoms with Crippen molar-refractivity contribution in [2.75, 3.05) is 13.7 Å². The first-order chi connectivity index (χ1) is 7.67. The zero-order valence-corrected chi connectivity index (χ0v) is 9.41. The lowest BCUT2D eigenvalue weighted by molar-refractivity contribution is -0.355. The normalized spacial score (nSPS) is 48.8. The van der Waals surface area contributed by atoms with Crippen LogP contribution in [-0.2, 0) is 18.9 Å². The Morgan fingerprint density at radius 1 is 1.25 bits per heavy atom. The molecular weight excluding hydrogens is 216 g/mol. The summed E-state index contributed by atoms with van der Waals surface area (Å²) >= 11 is 0. The van der Waals surface area contributed by atoms with Gasteiger partial charge in [-0.1, -0.05) is 6.92 Å². The largest absolute Gasteiger partial charge is 0.387 e. The molecule has 0 aromatic rings. The van der Waals surface area contributed by atoms with Crippen LogP contribution in [0.15, 0.2) is 0 Å². The van der Waals surface area contributed by atoms with E-state index in [4.69, 9.17) is 18.9 Å². The van der Waals surface area contributed by atoms with Crippen LogP contribution in [0.3, 0.4) is 0 Å². The van der Waals surface area contributed by atoms with Gasteiger partial charge in [0.05, 0.1) is 6.61 Å². The van der Waals surface area contributed by atoms with Crippen molar-refractivity contribution in [1.29, 1.82) is 0 Å². The van der Waals surface area contributed by atoms with Crippen LogP contribution in [0.5, 0.6) is 0 Å². The summed E-state index contributed by atoms with van der Waals surface area (Å²) in [4.78, 5) is 0. The van der Waals surface area contributed by atoms with E-state index in [1.54, 1.807) is 0 Å². The molecule has 2 heterocycles. The zero-order chi connectivity index (χ0) is 11.7. The lowest BCUT2D eigenvalue weighted by atomic mass is 9.98. The molecule has 0 aliphatic carbocycles. The summed E-state index contributed by atoms with van der Waals surface area (Å²) in [5, 5.41) is 19.6. The molecule has 0 spiro atoms. The van der Waals surface area contributed by atoms with Gasteiger partial charge in [-0.25, -0.2) is 0 Å². The summed E-state index contributed by atoms with van der Waals surface area (Å²) in [7, 11) is 1.42. The fraction of sp³-hybridized carbons (Fsp3) is 1.00. The van der Waals surface area contributed by atoms with Crippen LogP contribution in [0.1, 0.15) is 13.3 Å². The van der Waals surface area contributed by atoms with E-state index in [1.807, 2.05) is 6.92 Å². The summed E-state index contributed by atoms with van der Waals surface area (Å²) < 4.78 is 21.2. The average Bonchev–Trinajstić information content (AvgIpc) is 2.33. The minimum absolute atomic E-state index is 0.340. The van der Waals surface area contributed by atoms with E-state index in [0.717, 1.165) is 0 Å². The number of methoxy groups -OCH3 is 1. The monoisotopic (exact) mass is 234 g/mol. The van der Waals surface area contributed by atoms with Crippen molar-refractivity contribution >= 4 is 0 Å². The predicted molar refractivity (Wildman–Crippen MR) is 52.6 cm³/mol. The SMILES string of the molecule is CCC1OC[C@H]2O[C@H](OC)[C@H](O)[C@@H](O)[C@@H]2O1. The summed E-state index contributed by atoms with van der Waals surface area (Å²) in [6, 6.07) is 0. The second-order valence-corrected chi connectivity index (χ2v) is 4.03. The Kier molecular flexibility index (Phi) is 3.78. The smallest absolute Gasteiger partial charge is 0.186 e. The molecule has 16 heavy (non-hydrogen) atoms. The van der Waals surface area contributed by atoms with Crippen LogP contribution in [0.2, 0.25) is 0 Å². The zero-order valence-electron chi connectivity index (χ0n) is 9.41. The number of aliphatic hydroxyl groups excluding tert-OH is 2. The van der Waals surface area contributed by atoms with Crippen molar-refractivity contribution in [3.05, 3.63) is 0 Å². The topological polar surface area (TPSA) is 77.4 Å². The van der Waals surface area contributed by atoms with Crippen molar-refractivity contribution in [3.8, 4) is 0 Å².